The average Bonchev–Trinajstić information content (AvgIpc) is 2.29. The molecule has 0 aromatic carbocycles. The maximum atomic E-state index is 3.52. The third-order valence-corrected chi connectivity index (χ3v) is 4.02. The molecule has 94 valence electrons. The molecule has 0 aliphatic carbocycles. The predicted molar refractivity (Wildman–Crippen MR) is 68.7 cm³/mol. The van der Waals surface area contributed by atoms with Crippen LogP contribution in [0.25, 0.3) is 0 Å². The number of nitrogens with zero attached hydrogens (tertiary/aromatic N) is 2. The van der Waals surface area contributed by atoms with Crippen LogP contribution in [-0.2, 0) is 0 Å². The second-order valence-corrected chi connectivity index (χ2v) is 5.52. The van der Waals surface area contributed by atoms with Gasteiger partial charge >= 0.3 is 0 Å². The Labute approximate surface area is 100 Å². The molecule has 0 amide bonds. The second kappa shape index (κ2) is 5.99. The normalized spacial score (nSPS) is 34.1. The van der Waals surface area contributed by atoms with Crippen LogP contribution in [0.5, 0.6) is 0 Å². The first kappa shape index (κ1) is 12.3. The highest BCUT2D eigenvalue weighted by Crippen LogP contribution is 2.17. The van der Waals surface area contributed by atoms with Gasteiger partial charge in [0.1, 0.15) is 0 Å². The van der Waals surface area contributed by atoms with Gasteiger partial charge in [-0.25, -0.2) is 0 Å². The van der Waals surface area contributed by atoms with Gasteiger partial charge in [0.2, 0.25) is 0 Å². The summed E-state index contributed by atoms with van der Waals surface area (Å²) in [7, 11) is 0. The first-order valence-corrected chi connectivity index (χ1v) is 6.96. The summed E-state index contributed by atoms with van der Waals surface area (Å²) in [4.78, 5) is 5.27. The molecule has 2 atom stereocenters. The van der Waals surface area contributed by atoms with E-state index in [0.717, 1.165) is 5.92 Å². The van der Waals surface area contributed by atoms with Crippen LogP contribution in [0.4, 0.5) is 0 Å². The van der Waals surface area contributed by atoms with Gasteiger partial charge in [-0.2, -0.15) is 0 Å². The standard InChI is InChI=1S/C13H27N3/c1-3-15-7-4-5-13(10-15)11-16-8-6-14-12(2)9-16/h12-14H,3-11H2,1-2H3. The zero-order valence-electron chi connectivity index (χ0n) is 10.9. The first-order chi connectivity index (χ1) is 7.78. The molecule has 0 bridgehead atoms. The minimum Gasteiger partial charge on any atom is -0.312 e. The molecule has 2 saturated heterocycles. The SMILES string of the molecule is CCN1CCCC(CN2CCNC(C)C2)C1. The van der Waals surface area contributed by atoms with Crippen molar-refractivity contribution < 1.29 is 0 Å². The van der Waals surface area contributed by atoms with E-state index in [4.69, 9.17) is 0 Å². The van der Waals surface area contributed by atoms with E-state index in [-0.39, 0.29) is 0 Å². The maximum Gasteiger partial charge on any atom is 0.0167 e. The molecule has 2 fully saturated rings. The minimum atomic E-state index is 0.680. The van der Waals surface area contributed by atoms with Gasteiger partial charge in [0.15, 0.2) is 0 Å². The Bertz CT molecular complexity index is 207. The van der Waals surface area contributed by atoms with Gasteiger partial charge in [0.05, 0.1) is 0 Å². The average molecular weight is 225 g/mol. The summed E-state index contributed by atoms with van der Waals surface area (Å²) in [5.74, 6) is 0.916. The molecule has 2 unspecified atom stereocenters. The largest absolute Gasteiger partial charge is 0.312 e. The smallest absolute Gasteiger partial charge is 0.0167 e. The third-order valence-electron chi connectivity index (χ3n) is 4.02. The summed E-state index contributed by atoms with van der Waals surface area (Å²) in [6.45, 7) is 13.4. The number of rotatable bonds is 3. The molecule has 2 heterocycles. The number of hydrogen-bond donors (Lipinski definition) is 1. The zero-order valence-corrected chi connectivity index (χ0v) is 10.9. The number of piperidine rings is 1. The third kappa shape index (κ3) is 3.44. The summed E-state index contributed by atoms with van der Waals surface area (Å²) in [6, 6.07) is 0.680. The van der Waals surface area contributed by atoms with E-state index in [0.29, 0.717) is 6.04 Å². The van der Waals surface area contributed by atoms with E-state index in [1.807, 2.05) is 0 Å². The highest BCUT2D eigenvalue weighted by Gasteiger charge is 2.23. The van der Waals surface area contributed by atoms with Crippen LogP contribution in [-0.4, -0.2) is 61.7 Å². The van der Waals surface area contributed by atoms with Crippen molar-refractivity contribution in [2.75, 3.05) is 45.8 Å². The quantitative estimate of drug-likeness (QED) is 0.773. The lowest BCUT2D eigenvalue weighted by Gasteiger charge is -2.38. The highest BCUT2D eigenvalue weighted by molar-refractivity contribution is 4.80. The van der Waals surface area contributed by atoms with Gasteiger partial charge in [0, 0.05) is 38.8 Å². The summed E-state index contributed by atoms with van der Waals surface area (Å²) in [6.07, 6.45) is 2.84. The topological polar surface area (TPSA) is 18.5 Å². The Balaban J connectivity index is 1.75. The molecular formula is C13H27N3. The van der Waals surface area contributed by atoms with Crippen LogP contribution in [0.2, 0.25) is 0 Å². The predicted octanol–water partition coefficient (Wildman–Crippen LogP) is 1.01. The van der Waals surface area contributed by atoms with Crippen LogP contribution in [0.15, 0.2) is 0 Å². The van der Waals surface area contributed by atoms with Crippen molar-refractivity contribution in [3.8, 4) is 0 Å². The van der Waals surface area contributed by atoms with Crippen LogP contribution >= 0.6 is 0 Å². The molecule has 2 aliphatic heterocycles. The van der Waals surface area contributed by atoms with Crippen molar-refractivity contribution in [1.82, 2.24) is 15.1 Å². The number of hydrogen-bond acceptors (Lipinski definition) is 3. The number of nitrogens with one attached hydrogen (secondary N) is 1. The zero-order chi connectivity index (χ0) is 11.4. The molecule has 2 aliphatic rings. The van der Waals surface area contributed by atoms with Crippen molar-refractivity contribution in [2.45, 2.75) is 32.7 Å². The summed E-state index contributed by atoms with van der Waals surface area (Å²) in [5, 5.41) is 3.52. The minimum absolute atomic E-state index is 0.680. The molecule has 3 nitrogen and oxygen atoms in total. The number of piperazine rings is 1. The maximum absolute atomic E-state index is 3.52. The van der Waals surface area contributed by atoms with Crippen LogP contribution < -0.4 is 5.32 Å². The van der Waals surface area contributed by atoms with Crippen LogP contribution in [0.3, 0.4) is 0 Å². The molecule has 0 aromatic rings. The van der Waals surface area contributed by atoms with Gasteiger partial charge in [-0.1, -0.05) is 6.92 Å². The Kier molecular flexibility index (Phi) is 4.62. The Morgan fingerprint density at radius 2 is 2.06 bits per heavy atom. The van der Waals surface area contributed by atoms with E-state index in [2.05, 4.69) is 29.0 Å². The van der Waals surface area contributed by atoms with Gasteiger partial charge in [-0.05, 0) is 38.8 Å². The second-order valence-electron chi connectivity index (χ2n) is 5.52. The van der Waals surface area contributed by atoms with E-state index in [9.17, 15) is 0 Å². The lowest BCUT2D eigenvalue weighted by Crippen LogP contribution is -2.51. The lowest BCUT2D eigenvalue weighted by molar-refractivity contribution is 0.120. The summed E-state index contributed by atoms with van der Waals surface area (Å²) in [5.41, 5.74) is 0. The highest BCUT2D eigenvalue weighted by atomic mass is 15.2. The van der Waals surface area contributed by atoms with Crippen LogP contribution in [0, 0.1) is 5.92 Å². The number of likely N-dealkylation sites (tertiary alicyclic amines) is 1. The fraction of sp³-hybridized carbons (Fsp3) is 1.00. The van der Waals surface area contributed by atoms with E-state index >= 15 is 0 Å². The molecule has 0 spiro atoms. The van der Waals surface area contributed by atoms with Crippen molar-refractivity contribution in [1.29, 1.82) is 0 Å². The van der Waals surface area contributed by atoms with Gasteiger partial charge in [0.25, 0.3) is 0 Å². The summed E-state index contributed by atoms with van der Waals surface area (Å²) >= 11 is 0. The van der Waals surface area contributed by atoms with E-state index in [1.165, 1.54) is 58.7 Å². The molecule has 1 N–H and O–H groups in total. The summed E-state index contributed by atoms with van der Waals surface area (Å²) < 4.78 is 0. The molecule has 0 aromatic heterocycles. The van der Waals surface area contributed by atoms with Crippen LogP contribution in [0.1, 0.15) is 26.7 Å². The molecule has 16 heavy (non-hydrogen) atoms. The first-order valence-electron chi connectivity index (χ1n) is 6.96. The van der Waals surface area contributed by atoms with Crippen molar-refractivity contribution >= 4 is 0 Å². The fourth-order valence-electron chi connectivity index (χ4n) is 3.13. The Hall–Kier alpha value is -0.120. The lowest BCUT2D eigenvalue weighted by atomic mass is 9.97. The van der Waals surface area contributed by atoms with E-state index < -0.39 is 0 Å². The molecule has 0 radical (unpaired) electrons. The van der Waals surface area contributed by atoms with Gasteiger partial charge in [-0.3, -0.25) is 0 Å². The Morgan fingerprint density at radius 3 is 2.81 bits per heavy atom. The fourth-order valence-corrected chi connectivity index (χ4v) is 3.13. The van der Waals surface area contributed by atoms with Gasteiger partial charge in [-0.15, -0.1) is 0 Å². The molecule has 0 saturated carbocycles. The molecule has 3 heteroatoms. The molecular weight excluding hydrogens is 198 g/mol. The van der Waals surface area contributed by atoms with Crippen molar-refractivity contribution in [3.05, 3.63) is 0 Å². The monoisotopic (exact) mass is 225 g/mol. The molecule has 2 rings (SSSR count). The van der Waals surface area contributed by atoms with Gasteiger partial charge < -0.3 is 15.1 Å². The van der Waals surface area contributed by atoms with E-state index in [1.54, 1.807) is 0 Å². The Morgan fingerprint density at radius 1 is 1.19 bits per heavy atom. The van der Waals surface area contributed by atoms with Crippen molar-refractivity contribution in [2.24, 2.45) is 5.92 Å². The van der Waals surface area contributed by atoms with Crippen molar-refractivity contribution in [3.63, 3.8) is 0 Å².